The van der Waals surface area contributed by atoms with Crippen LogP contribution in [0.1, 0.15) is 0 Å². The zero-order valence-corrected chi connectivity index (χ0v) is 6.76. The monoisotopic (exact) mass is 203 g/mol. The Kier molecular flexibility index (Phi) is 7.10. The highest BCUT2D eigenvalue weighted by Gasteiger charge is 2.07. The summed E-state index contributed by atoms with van der Waals surface area (Å²) in [6.07, 6.45) is 0. The summed E-state index contributed by atoms with van der Waals surface area (Å²) in [6, 6.07) is -1.13. The second-order valence-electron chi connectivity index (χ2n) is 1.64. The molecule has 0 spiro atoms. The second-order valence-corrected chi connectivity index (χ2v) is 2.67. The van der Waals surface area contributed by atoms with E-state index in [4.69, 9.17) is 35.2 Å². The largest absolute Gasteiger partial charge is 0.480 e. The summed E-state index contributed by atoms with van der Waals surface area (Å²) in [7, 11) is -4.64. The van der Waals surface area contributed by atoms with Gasteiger partial charge in [-0.1, -0.05) is 0 Å². The molecule has 1 atom stereocenters. The van der Waals surface area contributed by atoms with E-state index in [9.17, 15) is 4.79 Å². The van der Waals surface area contributed by atoms with Crippen molar-refractivity contribution in [2.75, 3.05) is 6.61 Å². The van der Waals surface area contributed by atoms with Gasteiger partial charge in [-0.15, -0.1) is 0 Å². The lowest BCUT2D eigenvalue weighted by Crippen LogP contribution is -2.33. The number of phosphoric acid groups is 1. The Morgan fingerprint density at radius 2 is 1.67 bits per heavy atom. The van der Waals surface area contributed by atoms with Crippen molar-refractivity contribution in [1.29, 1.82) is 0 Å². The Bertz CT molecular complexity index is 167. The fourth-order valence-corrected chi connectivity index (χ4v) is 0.0781. The molecule has 0 saturated carbocycles. The molecule has 0 unspecified atom stereocenters. The van der Waals surface area contributed by atoms with Crippen LogP contribution < -0.4 is 5.73 Å². The van der Waals surface area contributed by atoms with E-state index >= 15 is 0 Å². The number of hydrogen-bond donors (Lipinski definition) is 6. The van der Waals surface area contributed by atoms with E-state index in [1.54, 1.807) is 0 Å². The number of carboxylic acids is 1. The Labute approximate surface area is 67.5 Å². The fraction of sp³-hybridized carbons (Fsp3) is 0.667. The van der Waals surface area contributed by atoms with Crippen molar-refractivity contribution in [3.63, 3.8) is 0 Å². The molecule has 0 bridgehead atoms. The lowest BCUT2D eigenvalue weighted by Gasteiger charge is -1.96. The summed E-state index contributed by atoms with van der Waals surface area (Å²) in [6.45, 7) is -0.505. The van der Waals surface area contributed by atoms with E-state index in [-0.39, 0.29) is 0 Å². The highest BCUT2D eigenvalue weighted by molar-refractivity contribution is 7.45. The summed E-state index contributed by atoms with van der Waals surface area (Å²) < 4.78 is 8.88. The van der Waals surface area contributed by atoms with E-state index in [1.807, 2.05) is 0 Å². The smallest absolute Gasteiger partial charge is 0.466 e. The first-order chi connectivity index (χ1) is 5.18. The zero-order valence-electron chi connectivity index (χ0n) is 5.86. The van der Waals surface area contributed by atoms with Gasteiger partial charge in [0.05, 0.1) is 6.61 Å². The predicted molar refractivity (Wildman–Crippen MR) is 37.0 cm³/mol. The molecule has 0 radical (unpaired) electrons. The predicted octanol–water partition coefficient (Wildman–Crippen LogP) is -2.54. The van der Waals surface area contributed by atoms with Crippen LogP contribution in [0.4, 0.5) is 0 Å². The van der Waals surface area contributed by atoms with Crippen LogP contribution in [0.5, 0.6) is 0 Å². The van der Waals surface area contributed by atoms with Crippen LogP contribution in [-0.2, 0) is 9.36 Å². The van der Waals surface area contributed by atoms with E-state index < -0.39 is 26.4 Å². The van der Waals surface area contributed by atoms with Crippen molar-refractivity contribution >= 4 is 13.8 Å². The fourth-order valence-electron chi connectivity index (χ4n) is 0.0781. The molecule has 0 aromatic heterocycles. The summed E-state index contributed by atoms with van der Waals surface area (Å²) in [5.74, 6) is -1.18. The van der Waals surface area contributed by atoms with E-state index in [1.165, 1.54) is 0 Å². The molecule has 0 fully saturated rings. The van der Waals surface area contributed by atoms with Gasteiger partial charge in [-0.05, 0) is 0 Å². The number of carbonyl (C=O) groups is 1. The van der Waals surface area contributed by atoms with Gasteiger partial charge in [-0.25, -0.2) is 4.57 Å². The molecule has 12 heavy (non-hydrogen) atoms. The van der Waals surface area contributed by atoms with Crippen LogP contribution in [0, 0.1) is 0 Å². The molecule has 0 aliphatic heterocycles. The lowest BCUT2D eigenvalue weighted by atomic mass is 10.3. The van der Waals surface area contributed by atoms with Crippen LogP contribution in [0.2, 0.25) is 0 Å². The van der Waals surface area contributed by atoms with Gasteiger partial charge in [0.15, 0.2) is 0 Å². The highest BCUT2D eigenvalue weighted by atomic mass is 31.2. The van der Waals surface area contributed by atoms with Gasteiger partial charge < -0.3 is 30.6 Å². The molecular weight excluding hydrogens is 193 g/mol. The molecule has 0 aromatic carbocycles. The standard InChI is InChI=1S/C3H7NO3.H3O4P/c4-2(1-5)3(6)7;1-5(2,3)4/h2,5H,1,4H2,(H,6,7);(H3,1,2,3,4)/t2-;/m1./s1. The van der Waals surface area contributed by atoms with Gasteiger partial charge >= 0.3 is 13.8 Å². The molecule has 74 valence electrons. The van der Waals surface area contributed by atoms with E-state index in [0.717, 1.165) is 0 Å². The number of carboxylic acid groups (broad SMARTS) is 1. The van der Waals surface area contributed by atoms with Crippen molar-refractivity contribution < 1.29 is 34.3 Å². The summed E-state index contributed by atoms with van der Waals surface area (Å²) >= 11 is 0. The first-order valence-corrected chi connectivity index (χ1v) is 4.12. The number of aliphatic hydroxyl groups is 1. The number of hydrogen-bond acceptors (Lipinski definition) is 4. The number of aliphatic carboxylic acids is 1. The summed E-state index contributed by atoms with van der Waals surface area (Å²) in [5.41, 5.74) is 4.77. The van der Waals surface area contributed by atoms with Gasteiger partial charge in [0.2, 0.25) is 0 Å². The van der Waals surface area contributed by atoms with Crippen molar-refractivity contribution in [2.24, 2.45) is 5.73 Å². The molecule has 9 heteroatoms. The topological polar surface area (TPSA) is 161 Å². The number of nitrogens with two attached hydrogens (primary N) is 1. The van der Waals surface area contributed by atoms with Gasteiger partial charge in [-0.2, -0.15) is 0 Å². The van der Waals surface area contributed by atoms with Crippen molar-refractivity contribution in [1.82, 2.24) is 0 Å². The molecule has 0 amide bonds. The summed E-state index contributed by atoms with van der Waals surface area (Å²) in [5, 5.41) is 15.9. The van der Waals surface area contributed by atoms with Gasteiger partial charge in [0.1, 0.15) is 6.04 Å². The maximum atomic E-state index is 9.65. The minimum atomic E-state index is -4.64. The quantitative estimate of drug-likeness (QED) is 0.267. The SMILES string of the molecule is N[C@H](CO)C(=O)O.O=P(O)(O)O. The third-order valence-corrected chi connectivity index (χ3v) is 0.514. The van der Waals surface area contributed by atoms with Crippen molar-refractivity contribution in [3.05, 3.63) is 0 Å². The first kappa shape index (κ1) is 14.0. The number of aliphatic hydroxyl groups excluding tert-OH is 1. The Balaban J connectivity index is 0. The summed E-state index contributed by atoms with van der Waals surface area (Å²) in [4.78, 5) is 31.2. The molecule has 0 saturated heterocycles. The highest BCUT2D eigenvalue weighted by Crippen LogP contribution is 2.25. The maximum absolute atomic E-state index is 9.65. The molecule has 0 aliphatic rings. The van der Waals surface area contributed by atoms with E-state index in [2.05, 4.69) is 0 Å². The zero-order chi connectivity index (χ0) is 10.4. The van der Waals surface area contributed by atoms with Crippen molar-refractivity contribution in [3.8, 4) is 0 Å². The minimum Gasteiger partial charge on any atom is -0.480 e. The maximum Gasteiger partial charge on any atom is 0.466 e. The Morgan fingerprint density at radius 1 is 1.42 bits per heavy atom. The number of rotatable bonds is 2. The molecule has 0 aromatic rings. The first-order valence-electron chi connectivity index (χ1n) is 2.56. The molecule has 0 aliphatic carbocycles. The van der Waals surface area contributed by atoms with Gasteiger partial charge in [-0.3, -0.25) is 4.79 Å². The van der Waals surface area contributed by atoms with Gasteiger partial charge in [0, 0.05) is 0 Å². The molecular formula is C3H10NO7P. The van der Waals surface area contributed by atoms with Crippen LogP contribution in [-0.4, -0.2) is 43.5 Å². The van der Waals surface area contributed by atoms with Crippen LogP contribution in [0.25, 0.3) is 0 Å². The normalized spacial score (nSPS) is 12.8. The van der Waals surface area contributed by atoms with Gasteiger partial charge in [0.25, 0.3) is 0 Å². The van der Waals surface area contributed by atoms with Crippen LogP contribution in [0.3, 0.4) is 0 Å². The molecule has 0 heterocycles. The molecule has 7 N–H and O–H groups in total. The average molecular weight is 203 g/mol. The second kappa shape index (κ2) is 6.06. The third-order valence-electron chi connectivity index (χ3n) is 0.514. The Morgan fingerprint density at radius 3 is 1.67 bits per heavy atom. The average Bonchev–Trinajstić information content (AvgIpc) is 1.82. The van der Waals surface area contributed by atoms with Crippen molar-refractivity contribution in [2.45, 2.75) is 6.04 Å². The minimum absolute atomic E-state index is 0.505. The Hall–Kier alpha value is -0.500. The molecule has 8 nitrogen and oxygen atoms in total. The van der Waals surface area contributed by atoms with Crippen LogP contribution >= 0.6 is 7.82 Å². The molecule has 0 rings (SSSR count). The van der Waals surface area contributed by atoms with E-state index in [0.29, 0.717) is 0 Å². The third kappa shape index (κ3) is 22.7. The lowest BCUT2D eigenvalue weighted by molar-refractivity contribution is -0.139. The van der Waals surface area contributed by atoms with Crippen LogP contribution in [0.15, 0.2) is 0 Å².